The highest BCUT2D eigenvalue weighted by atomic mass is 35.5. The van der Waals surface area contributed by atoms with Crippen molar-refractivity contribution in [3.8, 4) is 11.5 Å². The minimum atomic E-state index is -0.303. The molecular formula is C11H12ClNO2S. The van der Waals surface area contributed by atoms with Gasteiger partial charge in [-0.1, -0.05) is 6.07 Å². The largest absolute Gasteiger partial charge is 0.508 e. The predicted molar refractivity (Wildman–Crippen MR) is 67.4 cm³/mol. The van der Waals surface area contributed by atoms with Gasteiger partial charge in [0.1, 0.15) is 11.5 Å². The third-order valence-corrected chi connectivity index (χ3v) is 3.09. The van der Waals surface area contributed by atoms with Crippen molar-refractivity contribution >= 4 is 23.7 Å². The van der Waals surface area contributed by atoms with Crippen molar-refractivity contribution in [1.82, 2.24) is 0 Å². The van der Waals surface area contributed by atoms with Crippen molar-refractivity contribution in [2.75, 3.05) is 0 Å². The van der Waals surface area contributed by atoms with Crippen LogP contribution in [-0.4, -0.2) is 10.2 Å². The topological polar surface area (TPSA) is 66.5 Å². The monoisotopic (exact) mass is 257 g/mol. The van der Waals surface area contributed by atoms with E-state index in [2.05, 4.69) is 0 Å². The van der Waals surface area contributed by atoms with Crippen LogP contribution in [0.25, 0.3) is 0 Å². The van der Waals surface area contributed by atoms with Crippen LogP contribution in [0.1, 0.15) is 16.5 Å². The SMILES string of the molecule is Cl.N[C@H](c1cc(O)cc(O)c1)c1cccs1. The third kappa shape index (κ3) is 2.66. The Morgan fingerprint density at radius 3 is 2.25 bits per heavy atom. The van der Waals surface area contributed by atoms with Gasteiger partial charge in [-0.3, -0.25) is 0 Å². The number of halogens is 1. The Bertz CT molecular complexity index is 439. The molecule has 0 aliphatic heterocycles. The number of benzene rings is 1. The second-order valence-electron chi connectivity index (χ2n) is 3.28. The van der Waals surface area contributed by atoms with E-state index in [9.17, 15) is 10.2 Å². The minimum Gasteiger partial charge on any atom is -0.508 e. The summed E-state index contributed by atoms with van der Waals surface area (Å²) in [6, 6.07) is 7.95. The highest BCUT2D eigenvalue weighted by molar-refractivity contribution is 7.10. The maximum Gasteiger partial charge on any atom is 0.119 e. The van der Waals surface area contributed by atoms with Crippen LogP contribution in [0.2, 0.25) is 0 Å². The summed E-state index contributed by atoms with van der Waals surface area (Å²) in [7, 11) is 0. The van der Waals surface area contributed by atoms with E-state index < -0.39 is 0 Å². The fraction of sp³-hybridized carbons (Fsp3) is 0.0909. The van der Waals surface area contributed by atoms with Gasteiger partial charge >= 0.3 is 0 Å². The summed E-state index contributed by atoms with van der Waals surface area (Å²) in [4.78, 5) is 1.00. The molecule has 0 aliphatic rings. The number of rotatable bonds is 2. The quantitative estimate of drug-likeness (QED) is 0.775. The predicted octanol–water partition coefficient (Wildman–Crippen LogP) is 2.63. The van der Waals surface area contributed by atoms with Gasteiger partial charge in [-0.25, -0.2) is 0 Å². The molecule has 2 aromatic rings. The molecule has 86 valence electrons. The summed E-state index contributed by atoms with van der Waals surface area (Å²) < 4.78 is 0. The van der Waals surface area contributed by atoms with Crippen molar-refractivity contribution in [2.24, 2.45) is 5.73 Å². The number of phenols is 2. The van der Waals surface area contributed by atoms with Crippen LogP contribution in [0, 0.1) is 0 Å². The summed E-state index contributed by atoms with van der Waals surface area (Å²) in [6.07, 6.45) is 0. The Labute approximate surface area is 104 Å². The standard InChI is InChI=1S/C11H11NO2S.ClH/c12-11(10-2-1-3-15-10)7-4-8(13)6-9(14)5-7;/h1-6,11,13-14H,12H2;1H/t11-;/m1./s1. The summed E-state index contributed by atoms with van der Waals surface area (Å²) >= 11 is 1.55. The third-order valence-electron chi connectivity index (χ3n) is 2.13. The number of hydrogen-bond acceptors (Lipinski definition) is 4. The summed E-state index contributed by atoms with van der Waals surface area (Å²) in [5, 5.41) is 20.6. The average Bonchev–Trinajstić information content (AvgIpc) is 2.67. The van der Waals surface area contributed by atoms with Crippen LogP contribution in [0.15, 0.2) is 35.7 Å². The van der Waals surface area contributed by atoms with Crippen LogP contribution in [-0.2, 0) is 0 Å². The highest BCUT2D eigenvalue weighted by Gasteiger charge is 2.11. The molecule has 0 saturated carbocycles. The van der Waals surface area contributed by atoms with E-state index in [1.54, 1.807) is 23.5 Å². The number of aromatic hydroxyl groups is 2. The Morgan fingerprint density at radius 2 is 1.75 bits per heavy atom. The first-order chi connectivity index (χ1) is 7.16. The van der Waals surface area contributed by atoms with E-state index >= 15 is 0 Å². The van der Waals surface area contributed by atoms with Crippen LogP contribution in [0.4, 0.5) is 0 Å². The first kappa shape index (κ1) is 12.8. The Balaban J connectivity index is 0.00000128. The van der Waals surface area contributed by atoms with E-state index in [-0.39, 0.29) is 29.9 Å². The van der Waals surface area contributed by atoms with Gasteiger partial charge in [-0.05, 0) is 29.1 Å². The van der Waals surface area contributed by atoms with Crippen molar-refractivity contribution < 1.29 is 10.2 Å². The Kier molecular flexibility index (Phi) is 4.18. The fourth-order valence-corrected chi connectivity index (χ4v) is 2.18. The normalized spacial score (nSPS) is 11.8. The van der Waals surface area contributed by atoms with Crippen molar-refractivity contribution in [3.05, 3.63) is 46.2 Å². The molecule has 1 atom stereocenters. The second-order valence-corrected chi connectivity index (χ2v) is 4.26. The molecule has 0 bridgehead atoms. The number of phenolic OH excluding ortho intramolecular Hbond substituents is 2. The molecule has 0 fully saturated rings. The maximum absolute atomic E-state index is 9.33. The molecule has 4 N–H and O–H groups in total. The number of nitrogens with two attached hydrogens (primary N) is 1. The Morgan fingerprint density at radius 1 is 1.12 bits per heavy atom. The van der Waals surface area contributed by atoms with Gasteiger partial charge in [0.15, 0.2) is 0 Å². The zero-order valence-corrected chi connectivity index (χ0v) is 9.96. The molecule has 2 rings (SSSR count). The van der Waals surface area contributed by atoms with Gasteiger partial charge in [0, 0.05) is 10.9 Å². The van der Waals surface area contributed by atoms with Crippen LogP contribution >= 0.6 is 23.7 Å². The molecule has 0 saturated heterocycles. The van der Waals surface area contributed by atoms with Crippen molar-refractivity contribution in [1.29, 1.82) is 0 Å². The first-order valence-corrected chi connectivity index (χ1v) is 5.36. The Hall–Kier alpha value is -1.23. The van der Waals surface area contributed by atoms with Crippen molar-refractivity contribution in [3.63, 3.8) is 0 Å². The number of thiophene rings is 1. The van der Waals surface area contributed by atoms with Gasteiger partial charge in [0.05, 0.1) is 6.04 Å². The summed E-state index contributed by atoms with van der Waals surface area (Å²) in [5.41, 5.74) is 6.69. The average molecular weight is 258 g/mol. The maximum atomic E-state index is 9.33. The first-order valence-electron chi connectivity index (χ1n) is 4.49. The zero-order chi connectivity index (χ0) is 10.8. The van der Waals surface area contributed by atoms with Gasteiger partial charge in [-0.15, -0.1) is 23.7 Å². The summed E-state index contributed by atoms with van der Waals surface area (Å²) in [5.74, 6) is 0.0500. The van der Waals surface area contributed by atoms with Gasteiger partial charge < -0.3 is 15.9 Å². The molecule has 1 aromatic heterocycles. The number of hydrogen-bond donors (Lipinski definition) is 3. The van der Waals surface area contributed by atoms with E-state index in [0.29, 0.717) is 5.56 Å². The van der Waals surface area contributed by atoms with E-state index in [1.165, 1.54) is 6.07 Å². The molecule has 0 spiro atoms. The molecule has 0 radical (unpaired) electrons. The van der Waals surface area contributed by atoms with E-state index in [0.717, 1.165) is 4.88 Å². The lowest BCUT2D eigenvalue weighted by molar-refractivity contribution is 0.448. The van der Waals surface area contributed by atoms with Crippen molar-refractivity contribution in [2.45, 2.75) is 6.04 Å². The summed E-state index contributed by atoms with van der Waals surface area (Å²) in [6.45, 7) is 0. The molecule has 0 amide bonds. The molecule has 1 heterocycles. The lowest BCUT2D eigenvalue weighted by atomic mass is 10.1. The zero-order valence-electron chi connectivity index (χ0n) is 8.33. The minimum absolute atomic E-state index is 0. The van der Waals surface area contributed by atoms with Gasteiger partial charge in [0.2, 0.25) is 0 Å². The van der Waals surface area contributed by atoms with Crippen LogP contribution < -0.4 is 5.73 Å². The molecule has 5 heteroatoms. The molecule has 1 aromatic carbocycles. The molecule has 3 nitrogen and oxygen atoms in total. The smallest absolute Gasteiger partial charge is 0.119 e. The van der Waals surface area contributed by atoms with Crippen LogP contribution in [0.3, 0.4) is 0 Å². The highest BCUT2D eigenvalue weighted by Crippen LogP contribution is 2.29. The fourth-order valence-electron chi connectivity index (χ4n) is 1.43. The van der Waals surface area contributed by atoms with Crippen LogP contribution in [0.5, 0.6) is 11.5 Å². The molecule has 0 unspecified atom stereocenters. The van der Waals surface area contributed by atoms with Gasteiger partial charge in [-0.2, -0.15) is 0 Å². The lowest BCUT2D eigenvalue weighted by Crippen LogP contribution is -2.09. The molecule has 0 aliphatic carbocycles. The second kappa shape index (κ2) is 5.21. The van der Waals surface area contributed by atoms with Gasteiger partial charge in [0.25, 0.3) is 0 Å². The molecular weight excluding hydrogens is 246 g/mol. The van der Waals surface area contributed by atoms with E-state index in [1.807, 2.05) is 17.5 Å². The lowest BCUT2D eigenvalue weighted by Gasteiger charge is -2.10. The molecule has 16 heavy (non-hydrogen) atoms. The van der Waals surface area contributed by atoms with E-state index in [4.69, 9.17) is 5.73 Å².